The summed E-state index contributed by atoms with van der Waals surface area (Å²) in [4.78, 5) is 0. The number of nitrogens with one attached hydrogen (secondary N) is 1. The van der Waals surface area contributed by atoms with Crippen molar-refractivity contribution in [3.8, 4) is 5.75 Å². The van der Waals surface area contributed by atoms with E-state index in [1.54, 1.807) is 0 Å². The molecule has 2 heteroatoms. The Kier molecular flexibility index (Phi) is 2.10. The molecule has 0 bridgehead atoms. The molecular weight excluding hydrogens is 222 g/mol. The molecule has 18 heavy (non-hydrogen) atoms. The third-order valence-electron chi connectivity index (χ3n) is 3.86. The second-order valence-corrected chi connectivity index (χ2v) is 5.01. The number of para-hydroxylation sites is 1. The molecule has 2 nitrogen and oxygen atoms in total. The zero-order valence-corrected chi connectivity index (χ0v) is 10.2. The number of rotatable bonds is 0. The van der Waals surface area contributed by atoms with Crippen molar-refractivity contribution in [1.82, 2.24) is 5.32 Å². The monoisotopic (exact) mass is 237 g/mol. The van der Waals surface area contributed by atoms with Crippen LogP contribution in [-0.2, 0) is 0 Å². The average molecular weight is 237 g/mol. The van der Waals surface area contributed by atoms with E-state index in [2.05, 4.69) is 29.6 Å². The first kappa shape index (κ1) is 10.0. The number of benzene rings is 1. The van der Waals surface area contributed by atoms with Gasteiger partial charge < -0.3 is 10.1 Å². The maximum Gasteiger partial charge on any atom is 0.129 e. The van der Waals surface area contributed by atoms with E-state index in [1.807, 2.05) is 12.1 Å². The van der Waals surface area contributed by atoms with Crippen LogP contribution >= 0.6 is 0 Å². The lowest BCUT2D eigenvalue weighted by atomic mass is 9.89. The highest BCUT2D eigenvalue weighted by Crippen LogP contribution is 2.39. The van der Waals surface area contributed by atoms with Crippen LogP contribution in [0.5, 0.6) is 5.75 Å². The van der Waals surface area contributed by atoms with Crippen molar-refractivity contribution in [3.05, 3.63) is 58.8 Å². The summed E-state index contributed by atoms with van der Waals surface area (Å²) >= 11 is 0. The Hall–Kier alpha value is -1.96. The number of dihydropyridines is 1. The van der Waals surface area contributed by atoms with E-state index >= 15 is 0 Å². The van der Waals surface area contributed by atoms with Crippen LogP contribution in [-0.4, -0.2) is 6.61 Å². The zero-order chi connectivity index (χ0) is 11.9. The lowest BCUT2D eigenvalue weighted by molar-refractivity contribution is 0.340. The fraction of sp³-hybridized carbons (Fsp3) is 0.250. The zero-order valence-electron chi connectivity index (χ0n) is 10.2. The van der Waals surface area contributed by atoms with Crippen LogP contribution in [0.3, 0.4) is 0 Å². The van der Waals surface area contributed by atoms with Gasteiger partial charge in [0, 0.05) is 17.7 Å². The van der Waals surface area contributed by atoms with E-state index in [-0.39, 0.29) is 0 Å². The van der Waals surface area contributed by atoms with Crippen molar-refractivity contribution in [2.24, 2.45) is 0 Å². The molecule has 90 valence electrons. The van der Waals surface area contributed by atoms with Crippen LogP contribution in [0.15, 0.2) is 53.3 Å². The van der Waals surface area contributed by atoms with E-state index in [4.69, 9.17) is 4.74 Å². The molecule has 2 aliphatic heterocycles. The van der Waals surface area contributed by atoms with Gasteiger partial charge in [0.1, 0.15) is 12.4 Å². The van der Waals surface area contributed by atoms with Gasteiger partial charge in [0.2, 0.25) is 0 Å². The van der Waals surface area contributed by atoms with Gasteiger partial charge in [-0.15, -0.1) is 0 Å². The number of allylic oxidation sites excluding steroid dienone is 4. The first-order valence-electron chi connectivity index (χ1n) is 6.51. The molecule has 3 aliphatic rings. The maximum atomic E-state index is 5.83. The Morgan fingerprint density at radius 2 is 2.11 bits per heavy atom. The van der Waals surface area contributed by atoms with Crippen molar-refractivity contribution < 1.29 is 4.74 Å². The lowest BCUT2D eigenvalue weighted by Gasteiger charge is -2.32. The maximum absolute atomic E-state index is 5.83. The van der Waals surface area contributed by atoms with E-state index < -0.39 is 0 Å². The standard InChI is InChI=1S/C16H15NO/c1-3-7-14-11(5-1)9-12-10-18-15-8-4-2-6-13(15)16(12)17-14/h1-2,4-6,8,17H,3,7,9-10H2. The normalized spacial score (nSPS) is 20.7. The summed E-state index contributed by atoms with van der Waals surface area (Å²) in [5.41, 5.74) is 6.70. The highest BCUT2D eigenvalue weighted by molar-refractivity contribution is 5.77. The van der Waals surface area contributed by atoms with Crippen molar-refractivity contribution in [3.63, 3.8) is 0 Å². The molecule has 0 spiro atoms. The molecule has 0 saturated carbocycles. The molecule has 0 radical (unpaired) electrons. The van der Waals surface area contributed by atoms with Crippen LogP contribution in [0.2, 0.25) is 0 Å². The first-order valence-corrected chi connectivity index (χ1v) is 6.51. The fourth-order valence-corrected chi connectivity index (χ4v) is 2.93. The van der Waals surface area contributed by atoms with Crippen LogP contribution in [0.25, 0.3) is 5.70 Å². The topological polar surface area (TPSA) is 21.3 Å². The summed E-state index contributed by atoms with van der Waals surface area (Å²) in [6.45, 7) is 0.712. The first-order chi connectivity index (χ1) is 8.92. The number of ether oxygens (including phenoxy) is 1. The summed E-state index contributed by atoms with van der Waals surface area (Å²) in [6.07, 6.45) is 7.83. The predicted molar refractivity (Wildman–Crippen MR) is 72.0 cm³/mol. The molecule has 0 unspecified atom stereocenters. The second kappa shape index (κ2) is 3.77. The SMILES string of the molecule is C1=CC2=C(CC1)NC1=C(COc3ccccc31)C2. The predicted octanol–water partition coefficient (Wildman–Crippen LogP) is 3.39. The van der Waals surface area contributed by atoms with Gasteiger partial charge in [0.25, 0.3) is 0 Å². The van der Waals surface area contributed by atoms with Gasteiger partial charge in [0.05, 0.1) is 5.70 Å². The molecule has 1 aliphatic carbocycles. The van der Waals surface area contributed by atoms with Crippen LogP contribution in [0.1, 0.15) is 24.8 Å². The van der Waals surface area contributed by atoms with E-state index in [0.717, 1.165) is 25.0 Å². The Labute approximate surface area is 107 Å². The molecule has 0 saturated heterocycles. The smallest absolute Gasteiger partial charge is 0.129 e. The average Bonchev–Trinajstić information content (AvgIpc) is 2.45. The third kappa shape index (κ3) is 1.42. The van der Waals surface area contributed by atoms with Gasteiger partial charge >= 0.3 is 0 Å². The minimum atomic E-state index is 0.712. The Morgan fingerprint density at radius 1 is 1.17 bits per heavy atom. The lowest BCUT2D eigenvalue weighted by Crippen LogP contribution is -2.26. The van der Waals surface area contributed by atoms with Crippen molar-refractivity contribution >= 4 is 5.70 Å². The van der Waals surface area contributed by atoms with Gasteiger partial charge in [-0.2, -0.15) is 0 Å². The summed E-state index contributed by atoms with van der Waals surface area (Å²) in [5.74, 6) is 0.999. The van der Waals surface area contributed by atoms with Crippen LogP contribution in [0, 0.1) is 0 Å². The van der Waals surface area contributed by atoms with Crippen LogP contribution in [0.4, 0.5) is 0 Å². The third-order valence-corrected chi connectivity index (χ3v) is 3.86. The molecule has 2 heterocycles. The number of hydrogen-bond donors (Lipinski definition) is 1. The fourth-order valence-electron chi connectivity index (χ4n) is 2.93. The number of hydrogen-bond acceptors (Lipinski definition) is 2. The molecule has 1 aromatic rings. The summed E-state index contributed by atoms with van der Waals surface area (Å²) in [5, 5.41) is 3.64. The highest BCUT2D eigenvalue weighted by Gasteiger charge is 2.26. The Balaban J connectivity index is 1.79. The van der Waals surface area contributed by atoms with E-state index in [0.29, 0.717) is 6.61 Å². The molecule has 0 aromatic heterocycles. The van der Waals surface area contributed by atoms with Gasteiger partial charge in [-0.1, -0.05) is 24.3 Å². The highest BCUT2D eigenvalue weighted by atomic mass is 16.5. The van der Waals surface area contributed by atoms with Crippen molar-refractivity contribution in [2.45, 2.75) is 19.3 Å². The van der Waals surface area contributed by atoms with Gasteiger partial charge in [-0.3, -0.25) is 0 Å². The molecule has 0 amide bonds. The summed E-state index contributed by atoms with van der Waals surface area (Å²) in [6, 6.07) is 8.29. The number of fused-ring (bicyclic) bond motifs is 2. The van der Waals surface area contributed by atoms with E-state index in [9.17, 15) is 0 Å². The summed E-state index contributed by atoms with van der Waals surface area (Å²) in [7, 11) is 0. The quantitative estimate of drug-likeness (QED) is 0.746. The van der Waals surface area contributed by atoms with Gasteiger partial charge in [0.15, 0.2) is 0 Å². The van der Waals surface area contributed by atoms with Gasteiger partial charge in [-0.25, -0.2) is 0 Å². The Morgan fingerprint density at radius 3 is 3.11 bits per heavy atom. The molecule has 4 rings (SSSR count). The van der Waals surface area contributed by atoms with Gasteiger partial charge in [-0.05, 0) is 36.1 Å². The minimum Gasteiger partial charge on any atom is -0.488 e. The molecule has 0 fully saturated rings. The Bertz CT molecular complexity index is 607. The second-order valence-electron chi connectivity index (χ2n) is 5.01. The van der Waals surface area contributed by atoms with E-state index in [1.165, 1.54) is 28.1 Å². The molecule has 0 atom stereocenters. The molecule has 1 aromatic carbocycles. The van der Waals surface area contributed by atoms with Crippen molar-refractivity contribution in [2.75, 3.05) is 6.61 Å². The molecule has 1 N–H and O–H groups in total. The summed E-state index contributed by atoms with van der Waals surface area (Å²) < 4.78 is 5.83. The minimum absolute atomic E-state index is 0.712. The van der Waals surface area contributed by atoms with Crippen LogP contribution < -0.4 is 10.1 Å². The molecular formula is C16H15NO. The largest absolute Gasteiger partial charge is 0.488 e. The van der Waals surface area contributed by atoms with Crippen molar-refractivity contribution in [1.29, 1.82) is 0 Å².